The Morgan fingerprint density at radius 3 is 2.43 bits per heavy atom. The predicted octanol–water partition coefficient (Wildman–Crippen LogP) is -0.244. The van der Waals surface area contributed by atoms with Crippen LogP contribution in [0.5, 0.6) is 0 Å². The number of ketones is 1. The van der Waals surface area contributed by atoms with Crippen LogP contribution >= 0.6 is 0 Å². The molecule has 0 rings (SSSR count). The lowest BCUT2D eigenvalue weighted by Gasteiger charge is -1.72. The Bertz CT molecular complexity index is 118. The molecule has 0 radical (unpaired) electrons. The summed E-state index contributed by atoms with van der Waals surface area (Å²) < 4.78 is 0. The fourth-order valence-electron chi connectivity index (χ4n) is 0.151. The third-order valence-electron chi connectivity index (χ3n) is 0.364. The van der Waals surface area contributed by atoms with Crippen LogP contribution in [0.2, 0.25) is 0 Å². The Morgan fingerprint density at radius 1 is 1.71 bits per heavy atom. The van der Waals surface area contributed by atoms with Crippen molar-refractivity contribution in [1.82, 2.24) is 5.32 Å². The number of carbonyl (C=O) groups is 1. The van der Waals surface area contributed by atoms with Gasteiger partial charge >= 0.3 is 0 Å². The first-order valence-electron chi connectivity index (χ1n) is 1.95. The Balaban J connectivity index is 3.45. The normalized spacial score (nSPS) is 6.00. The average molecular weight is 97.1 g/mol. The first kappa shape index (κ1) is 6.03. The standard InChI is InChI=1S/C5H7NO/c1-5(7)3-4-6-2/h6H,1-2H3. The van der Waals surface area contributed by atoms with E-state index in [1.807, 2.05) is 0 Å². The molecule has 1 N–H and O–H groups in total. The zero-order valence-corrected chi connectivity index (χ0v) is 4.41. The molecule has 0 aliphatic heterocycles. The van der Waals surface area contributed by atoms with Crippen LogP contribution in [0, 0.1) is 12.0 Å². The van der Waals surface area contributed by atoms with Gasteiger partial charge in [-0.25, -0.2) is 0 Å². The van der Waals surface area contributed by atoms with Gasteiger partial charge < -0.3 is 5.32 Å². The van der Waals surface area contributed by atoms with Crippen molar-refractivity contribution in [1.29, 1.82) is 0 Å². The van der Waals surface area contributed by atoms with Crippen LogP contribution in [0.3, 0.4) is 0 Å². The monoisotopic (exact) mass is 97.1 g/mol. The van der Waals surface area contributed by atoms with Gasteiger partial charge in [-0.2, -0.15) is 0 Å². The number of Topliss-reactive ketones (excluding diaryl/α,β-unsaturated/α-hetero) is 1. The molecule has 0 aromatic carbocycles. The largest absolute Gasteiger partial charge is 0.349 e. The summed E-state index contributed by atoms with van der Waals surface area (Å²) in [6.45, 7) is 1.42. The van der Waals surface area contributed by atoms with E-state index in [9.17, 15) is 4.79 Å². The van der Waals surface area contributed by atoms with E-state index >= 15 is 0 Å². The lowest BCUT2D eigenvalue weighted by Crippen LogP contribution is -1.94. The number of hydrogen-bond donors (Lipinski definition) is 1. The number of hydrogen-bond acceptors (Lipinski definition) is 2. The maximum Gasteiger partial charge on any atom is 0.204 e. The molecule has 0 aliphatic carbocycles. The molecule has 0 fully saturated rings. The van der Waals surface area contributed by atoms with Gasteiger partial charge in [0, 0.05) is 20.0 Å². The van der Waals surface area contributed by atoms with Gasteiger partial charge in [-0.3, -0.25) is 4.79 Å². The summed E-state index contributed by atoms with van der Waals surface area (Å²) >= 11 is 0. The molecular formula is C5H7NO. The molecule has 0 saturated carbocycles. The smallest absolute Gasteiger partial charge is 0.204 e. The van der Waals surface area contributed by atoms with E-state index in [0.717, 1.165) is 0 Å². The highest BCUT2D eigenvalue weighted by molar-refractivity contribution is 5.93. The molecule has 0 aliphatic rings. The lowest BCUT2D eigenvalue weighted by molar-refractivity contribution is -0.111. The van der Waals surface area contributed by atoms with Crippen molar-refractivity contribution < 1.29 is 4.79 Å². The summed E-state index contributed by atoms with van der Waals surface area (Å²) in [5.74, 6) is 2.18. The van der Waals surface area contributed by atoms with E-state index in [2.05, 4.69) is 17.3 Å². The first-order chi connectivity index (χ1) is 3.27. The molecular weight excluding hydrogens is 90.1 g/mol. The molecule has 0 heterocycles. The van der Waals surface area contributed by atoms with Crippen LogP contribution in [0.15, 0.2) is 0 Å². The number of carbonyl (C=O) groups excluding carboxylic acids is 1. The van der Waals surface area contributed by atoms with Crippen LogP contribution in [0.25, 0.3) is 0 Å². The molecule has 0 amide bonds. The van der Waals surface area contributed by atoms with E-state index in [-0.39, 0.29) is 5.78 Å². The van der Waals surface area contributed by atoms with Gasteiger partial charge in [0.1, 0.15) is 0 Å². The molecule has 7 heavy (non-hydrogen) atoms. The highest BCUT2D eigenvalue weighted by Crippen LogP contribution is 1.56. The van der Waals surface area contributed by atoms with Crippen molar-refractivity contribution in [3.05, 3.63) is 0 Å². The summed E-state index contributed by atoms with van der Waals surface area (Å²) in [6.07, 6.45) is 0. The summed E-state index contributed by atoms with van der Waals surface area (Å²) in [5.41, 5.74) is 0. The second kappa shape index (κ2) is 3.23. The molecule has 0 aromatic rings. The average Bonchev–Trinajstić information content (AvgIpc) is 1.61. The van der Waals surface area contributed by atoms with E-state index in [0.29, 0.717) is 0 Å². The van der Waals surface area contributed by atoms with Crippen LogP contribution < -0.4 is 5.32 Å². The third-order valence-corrected chi connectivity index (χ3v) is 0.364. The van der Waals surface area contributed by atoms with Crippen LogP contribution in [0.4, 0.5) is 0 Å². The first-order valence-corrected chi connectivity index (χ1v) is 1.95. The summed E-state index contributed by atoms with van der Waals surface area (Å²) in [5, 5.41) is 2.52. The van der Waals surface area contributed by atoms with Crippen molar-refractivity contribution in [3.63, 3.8) is 0 Å². The highest BCUT2D eigenvalue weighted by Gasteiger charge is 1.74. The molecule has 0 unspecified atom stereocenters. The van der Waals surface area contributed by atoms with E-state index < -0.39 is 0 Å². The topological polar surface area (TPSA) is 29.1 Å². The maximum atomic E-state index is 9.99. The Kier molecular flexibility index (Phi) is 2.78. The second-order valence-electron chi connectivity index (χ2n) is 1.06. The summed E-state index contributed by atoms with van der Waals surface area (Å²) in [7, 11) is 1.66. The van der Waals surface area contributed by atoms with E-state index in [1.54, 1.807) is 7.05 Å². The number of nitrogens with one attached hydrogen (secondary N) is 1. The maximum absolute atomic E-state index is 9.99. The zero-order chi connectivity index (χ0) is 5.70. The molecule has 0 saturated heterocycles. The van der Waals surface area contributed by atoms with Crippen molar-refractivity contribution in [2.45, 2.75) is 6.92 Å². The van der Waals surface area contributed by atoms with E-state index in [1.165, 1.54) is 6.92 Å². The minimum Gasteiger partial charge on any atom is -0.349 e. The van der Waals surface area contributed by atoms with Gasteiger partial charge in [0.05, 0.1) is 0 Å². The molecule has 0 aromatic heterocycles. The van der Waals surface area contributed by atoms with Gasteiger partial charge in [0.25, 0.3) is 0 Å². The molecule has 0 atom stereocenters. The van der Waals surface area contributed by atoms with Gasteiger partial charge in [0.15, 0.2) is 0 Å². The quantitative estimate of drug-likeness (QED) is 0.334. The van der Waals surface area contributed by atoms with Crippen molar-refractivity contribution in [2.24, 2.45) is 0 Å². The van der Waals surface area contributed by atoms with Crippen molar-refractivity contribution in [2.75, 3.05) is 7.05 Å². The second-order valence-corrected chi connectivity index (χ2v) is 1.06. The van der Waals surface area contributed by atoms with E-state index in [4.69, 9.17) is 0 Å². The molecule has 38 valence electrons. The molecule has 0 bridgehead atoms. The fourth-order valence-corrected chi connectivity index (χ4v) is 0.151. The van der Waals surface area contributed by atoms with Crippen LogP contribution in [-0.4, -0.2) is 12.8 Å². The highest BCUT2D eigenvalue weighted by atomic mass is 16.1. The Hall–Kier alpha value is -0.970. The summed E-state index contributed by atoms with van der Waals surface area (Å²) in [6, 6.07) is 2.40. The minimum absolute atomic E-state index is 0.116. The SMILES string of the molecule is CNC#CC(C)=O. The van der Waals surface area contributed by atoms with Gasteiger partial charge in [-0.1, -0.05) is 0 Å². The lowest BCUT2D eigenvalue weighted by atomic mass is 10.5. The molecule has 2 nitrogen and oxygen atoms in total. The van der Waals surface area contributed by atoms with Crippen LogP contribution in [-0.2, 0) is 4.79 Å². The van der Waals surface area contributed by atoms with Gasteiger partial charge in [-0.05, 0) is 5.92 Å². The predicted molar refractivity (Wildman–Crippen MR) is 27.5 cm³/mol. The number of rotatable bonds is 0. The molecule has 2 heteroatoms. The zero-order valence-electron chi connectivity index (χ0n) is 4.41. The van der Waals surface area contributed by atoms with Crippen LogP contribution in [0.1, 0.15) is 6.92 Å². The Morgan fingerprint density at radius 2 is 2.29 bits per heavy atom. The van der Waals surface area contributed by atoms with Crippen molar-refractivity contribution in [3.8, 4) is 12.0 Å². The van der Waals surface area contributed by atoms with Gasteiger partial charge in [0.2, 0.25) is 5.78 Å². The minimum atomic E-state index is -0.116. The summed E-state index contributed by atoms with van der Waals surface area (Å²) in [4.78, 5) is 9.99. The fraction of sp³-hybridized carbons (Fsp3) is 0.400. The molecule has 0 spiro atoms. The Labute approximate surface area is 42.9 Å². The van der Waals surface area contributed by atoms with Gasteiger partial charge in [-0.15, -0.1) is 0 Å². The third kappa shape index (κ3) is 5.03. The van der Waals surface area contributed by atoms with Crippen molar-refractivity contribution >= 4 is 5.78 Å².